The Morgan fingerprint density at radius 1 is 1.25 bits per heavy atom. The Bertz CT molecular complexity index is 765. The maximum absolute atomic E-state index is 13.3. The SMILES string of the molecule is Oc1[nH]c2ccc(F)cc2c1C=NCc1ccncc1. The molecule has 0 aliphatic rings. The molecule has 2 aromatic heterocycles. The number of hydrogen-bond acceptors (Lipinski definition) is 3. The molecule has 3 rings (SSSR count). The number of halogens is 1. The van der Waals surface area contributed by atoms with Crippen molar-refractivity contribution in [2.75, 3.05) is 0 Å². The lowest BCUT2D eigenvalue weighted by atomic mass is 10.2. The topological polar surface area (TPSA) is 61.3 Å². The first-order valence-electron chi connectivity index (χ1n) is 6.13. The second-order valence-electron chi connectivity index (χ2n) is 4.40. The van der Waals surface area contributed by atoms with Crippen molar-refractivity contribution >= 4 is 17.1 Å². The standard InChI is InChI=1S/C15H12FN3O/c16-11-1-2-14-12(7-11)13(15(20)19-14)9-18-8-10-3-5-17-6-4-10/h1-7,9,19-20H,8H2. The summed E-state index contributed by atoms with van der Waals surface area (Å²) in [7, 11) is 0. The molecular formula is C15H12FN3O. The van der Waals surface area contributed by atoms with Crippen LogP contribution >= 0.6 is 0 Å². The molecule has 5 heteroatoms. The monoisotopic (exact) mass is 269 g/mol. The number of nitrogens with one attached hydrogen (secondary N) is 1. The molecule has 0 fully saturated rings. The molecule has 0 atom stereocenters. The van der Waals surface area contributed by atoms with E-state index in [4.69, 9.17) is 0 Å². The normalized spacial score (nSPS) is 11.4. The minimum absolute atomic E-state index is 0.0101. The predicted octanol–water partition coefficient (Wildman–Crippen LogP) is 3.03. The first-order valence-corrected chi connectivity index (χ1v) is 6.13. The largest absolute Gasteiger partial charge is 0.494 e. The fourth-order valence-electron chi connectivity index (χ4n) is 2.03. The Morgan fingerprint density at radius 3 is 2.85 bits per heavy atom. The zero-order chi connectivity index (χ0) is 13.9. The van der Waals surface area contributed by atoms with E-state index in [-0.39, 0.29) is 11.7 Å². The molecule has 0 aliphatic carbocycles. The number of hydrogen-bond donors (Lipinski definition) is 2. The number of aromatic nitrogens is 2. The number of nitrogens with zero attached hydrogens (tertiary/aromatic N) is 2. The second-order valence-corrected chi connectivity index (χ2v) is 4.40. The Balaban J connectivity index is 1.90. The lowest BCUT2D eigenvalue weighted by Crippen LogP contribution is -1.85. The van der Waals surface area contributed by atoms with Crippen molar-refractivity contribution in [1.82, 2.24) is 9.97 Å². The van der Waals surface area contributed by atoms with Gasteiger partial charge in [0.15, 0.2) is 5.88 Å². The highest BCUT2D eigenvalue weighted by atomic mass is 19.1. The molecule has 1 aromatic carbocycles. The first-order chi connectivity index (χ1) is 9.74. The van der Waals surface area contributed by atoms with Gasteiger partial charge < -0.3 is 10.1 Å². The van der Waals surface area contributed by atoms with Gasteiger partial charge in [-0.3, -0.25) is 9.98 Å². The van der Waals surface area contributed by atoms with E-state index >= 15 is 0 Å². The van der Waals surface area contributed by atoms with Gasteiger partial charge in [0.05, 0.1) is 12.1 Å². The van der Waals surface area contributed by atoms with Gasteiger partial charge in [-0.2, -0.15) is 0 Å². The number of aromatic hydroxyl groups is 1. The molecule has 2 N–H and O–H groups in total. The van der Waals surface area contributed by atoms with Gasteiger partial charge in [-0.1, -0.05) is 0 Å². The number of benzene rings is 1. The molecule has 100 valence electrons. The quantitative estimate of drug-likeness (QED) is 0.718. The molecule has 0 unspecified atom stereocenters. The lowest BCUT2D eigenvalue weighted by molar-refractivity contribution is 0.457. The molecule has 0 aliphatic heterocycles. The van der Waals surface area contributed by atoms with Gasteiger partial charge in [0.2, 0.25) is 0 Å². The van der Waals surface area contributed by atoms with Gasteiger partial charge in [0.1, 0.15) is 5.82 Å². The van der Waals surface area contributed by atoms with Gasteiger partial charge in [-0.25, -0.2) is 4.39 Å². The molecule has 4 nitrogen and oxygen atoms in total. The van der Waals surface area contributed by atoms with E-state index in [1.165, 1.54) is 12.1 Å². The van der Waals surface area contributed by atoms with Crippen molar-refractivity contribution in [3.63, 3.8) is 0 Å². The maximum atomic E-state index is 13.3. The minimum Gasteiger partial charge on any atom is -0.494 e. The summed E-state index contributed by atoms with van der Waals surface area (Å²) < 4.78 is 13.3. The molecule has 2 heterocycles. The third kappa shape index (κ3) is 2.38. The van der Waals surface area contributed by atoms with Crippen LogP contribution < -0.4 is 0 Å². The van der Waals surface area contributed by atoms with Crippen molar-refractivity contribution in [2.45, 2.75) is 6.54 Å². The molecule has 0 saturated carbocycles. The summed E-state index contributed by atoms with van der Waals surface area (Å²) in [5, 5.41) is 10.5. The first kappa shape index (κ1) is 12.3. The van der Waals surface area contributed by atoms with Crippen molar-refractivity contribution in [3.05, 3.63) is 59.7 Å². The second kappa shape index (κ2) is 5.13. The van der Waals surface area contributed by atoms with Gasteiger partial charge in [-0.05, 0) is 35.9 Å². The molecule has 0 bridgehead atoms. The van der Waals surface area contributed by atoms with Crippen LogP contribution in [0.2, 0.25) is 0 Å². The Labute approximate surface area is 114 Å². The summed E-state index contributed by atoms with van der Waals surface area (Å²) in [5.41, 5.74) is 2.18. The fraction of sp³-hybridized carbons (Fsp3) is 0.0667. The smallest absolute Gasteiger partial charge is 0.198 e. The van der Waals surface area contributed by atoms with E-state index in [2.05, 4.69) is 15.0 Å². The fourth-order valence-corrected chi connectivity index (χ4v) is 2.03. The van der Waals surface area contributed by atoms with Crippen molar-refractivity contribution in [1.29, 1.82) is 0 Å². The van der Waals surface area contributed by atoms with Crippen LogP contribution in [0.3, 0.4) is 0 Å². The highest BCUT2D eigenvalue weighted by Crippen LogP contribution is 2.26. The van der Waals surface area contributed by atoms with Crippen LogP contribution in [0.25, 0.3) is 10.9 Å². The van der Waals surface area contributed by atoms with Crippen LogP contribution in [0.15, 0.2) is 47.7 Å². The average molecular weight is 269 g/mol. The molecule has 0 spiro atoms. The highest BCUT2D eigenvalue weighted by Gasteiger charge is 2.09. The van der Waals surface area contributed by atoms with E-state index in [0.717, 1.165) is 5.56 Å². The average Bonchev–Trinajstić information content (AvgIpc) is 2.76. The van der Waals surface area contributed by atoms with Crippen LogP contribution in [0, 0.1) is 5.82 Å². The van der Waals surface area contributed by atoms with E-state index in [0.29, 0.717) is 23.0 Å². The van der Waals surface area contributed by atoms with Crippen LogP contribution in [0.5, 0.6) is 5.88 Å². The minimum atomic E-state index is -0.347. The third-order valence-electron chi connectivity index (χ3n) is 3.02. The molecule has 0 radical (unpaired) electrons. The van der Waals surface area contributed by atoms with Crippen LogP contribution in [-0.4, -0.2) is 21.3 Å². The van der Waals surface area contributed by atoms with E-state index < -0.39 is 0 Å². The van der Waals surface area contributed by atoms with Gasteiger partial charge in [-0.15, -0.1) is 0 Å². The van der Waals surface area contributed by atoms with Crippen molar-refractivity contribution in [3.8, 4) is 5.88 Å². The van der Waals surface area contributed by atoms with E-state index in [9.17, 15) is 9.50 Å². The summed E-state index contributed by atoms with van der Waals surface area (Å²) in [6, 6.07) is 8.04. The van der Waals surface area contributed by atoms with E-state index in [1.54, 1.807) is 24.7 Å². The molecule has 20 heavy (non-hydrogen) atoms. The highest BCUT2D eigenvalue weighted by molar-refractivity contribution is 6.01. The third-order valence-corrected chi connectivity index (χ3v) is 3.02. The summed E-state index contributed by atoms with van der Waals surface area (Å²) in [4.78, 5) is 11.0. The number of aliphatic imine (C=N–C) groups is 1. The van der Waals surface area contributed by atoms with E-state index in [1.807, 2.05) is 12.1 Å². The molecule has 0 saturated heterocycles. The van der Waals surface area contributed by atoms with Gasteiger partial charge >= 0.3 is 0 Å². The number of H-pyrrole nitrogens is 1. The molecule has 0 amide bonds. The number of fused-ring (bicyclic) bond motifs is 1. The van der Waals surface area contributed by atoms with Crippen LogP contribution in [0.4, 0.5) is 4.39 Å². The number of pyridine rings is 1. The number of rotatable bonds is 3. The Kier molecular flexibility index (Phi) is 3.16. The van der Waals surface area contributed by atoms with Crippen LogP contribution in [-0.2, 0) is 6.54 Å². The predicted molar refractivity (Wildman–Crippen MR) is 75.5 cm³/mol. The zero-order valence-corrected chi connectivity index (χ0v) is 10.5. The molecule has 3 aromatic rings. The zero-order valence-electron chi connectivity index (χ0n) is 10.5. The summed E-state index contributed by atoms with van der Waals surface area (Å²) >= 11 is 0. The molecular weight excluding hydrogens is 257 g/mol. The summed E-state index contributed by atoms with van der Waals surface area (Å²) in [6.07, 6.45) is 4.95. The number of aromatic amines is 1. The van der Waals surface area contributed by atoms with Crippen molar-refractivity contribution < 1.29 is 9.50 Å². The van der Waals surface area contributed by atoms with Gasteiger partial charge in [0, 0.05) is 29.5 Å². The Morgan fingerprint density at radius 2 is 2.05 bits per heavy atom. The van der Waals surface area contributed by atoms with Gasteiger partial charge in [0.25, 0.3) is 0 Å². The maximum Gasteiger partial charge on any atom is 0.198 e. The summed E-state index contributed by atoms with van der Waals surface area (Å²) in [6.45, 7) is 0.476. The van der Waals surface area contributed by atoms with Crippen LogP contribution in [0.1, 0.15) is 11.1 Å². The summed E-state index contributed by atoms with van der Waals surface area (Å²) in [5.74, 6) is -0.357. The van der Waals surface area contributed by atoms with Crippen molar-refractivity contribution in [2.24, 2.45) is 4.99 Å². The lowest BCUT2D eigenvalue weighted by Gasteiger charge is -1.95. The Hall–Kier alpha value is -2.69.